The maximum Gasteiger partial charge on any atom is 0.287 e. The van der Waals surface area contributed by atoms with E-state index in [9.17, 15) is 10.1 Å². The third kappa shape index (κ3) is 3.71. The molecule has 19 heavy (non-hydrogen) atoms. The van der Waals surface area contributed by atoms with Gasteiger partial charge in [0, 0.05) is 11.8 Å². The van der Waals surface area contributed by atoms with E-state index in [4.69, 9.17) is 12.2 Å². The maximum absolute atomic E-state index is 10.5. The Labute approximate surface area is 114 Å². The van der Waals surface area contributed by atoms with Gasteiger partial charge in [-0.25, -0.2) is 4.98 Å². The standard InChI is InChI=1S/C12H10N4O2S/c17-16(18)10-6-7-11(13-8-10)15-12(19)14-9-4-2-1-3-5-9/h1-8H,(H2,13,14,15,19). The largest absolute Gasteiger partial charge is 0.332 e. The third-order valence-corrected chi connectivity index (χ3v) is 2.44. The molecule has 0 radical (unpaired) electrons. The minimum Gasteiger partial charge on any atom is -0.332 e. The first-order valence-corrected chi connectivity index (χ1v) is 5.79. The van der Waals surface area contributed by atoms with E-state index in [2.05, 4.69) is 15.6 Å². The maximum atomic E-state index is 10.5. The molecule has 0 atom stereocenters. The van der Waals surface area contributed by atoms with Gasteiger partial charge in [0.05, 0.1) is 4.92 Å². The van der Waals surface area contributed by atoms with Crippen molar-refractivity contribution in [1.82, 2.24) is 4.98 Å². The van der Waals surface area contributed by atoms with Crippen molar-refractivity contribution in [3.05, 3.63) is 58.8 Å². The summed E-state index contributed by atoms with van der Waals surface area (Å²) in [5.41, 5.74) is 0.786. The predicted octanol–water partition coefficient (Wildman–Crippen LogP) is 2.80. The molecule has 0 bridgehead atoms. The van der Waals surface area contributed by atoms with Gasteiger partial charge < -0.3 is 10.6 Å². The predicted molar refractivity (Wildman–Crippen MR) is 77.2 cm³/mol. The lowest BCUT2D eigenvalue weighted by Crippen LogP contribution is -2.19. The van der Waals surface area contributed by atoms with Gasteiger partial charge in [0.1, 0.15) is 12.0 Å². The van der Waals surface area contributed by atoms with E-state index < -0.39 is 4.92 Å². The molecule has 1 heterocycles. The van der Waals surface area contributed by atoms with Crippen molar-refractivity contribution in [2.45, 2.75) is 0 Å². The van der Waals surface area contributed by atoms with Crippen molar-refractivity contribution in [2.75, 3.05) is 10.6 Å². The van der Waals surface area contributed by atoms with Gasteiger partial charge in [0.25, 0.3) is 5.69 Å². The minimum absolute atomic E-state index is 0.0625. The van der Waals surface area contributed by atoms with Crippen LogP contribution in [0.2, 0.25) is 0 Å². The van der Waals surface area contributed by atoms with Crippen LogP contribution < -0.4 is 10.6 Å². The summed E-state index contributed by atoms with van der Waals surface area (Å²) in [6, 6.07) is 12.3. The van der Waals surface area contributed by atoms with Gasteiger partial charge in [-0.05, 0) is 30.4 Å². The van der Waals surface area contributed by atoms with E-state index in [1.165, 1.54) is 18.3 Å². The molecule has 0 amide bonds. The van der Waals surface area contributed by atoms with Crippen LogP contribution in [0.4, 0.5) is 17.2 Å². The van der Waals surface area contributed by atoms with Gasteiger partial charge in [-0.1, -0.05) is 18.2 Å². The van der Waals surface area contributed by atoms with Crippen molar-refractivity contribution >= 4 is 34.5 Å². The van der Waals surface area contributed by atoms with Gasteiger partial charge in [-0.15, -0.1) is 0 Å². The topological polar surface area (TPSA) is 80.1 Å². The first kappa shape index (κ1) is 12.9. The lowest BCUT2D eigenvalue weighted by molar-refractivity contribution is -0.385. The highest BCUT2D eigenvalue weighted by molar-refractivity contribution is 7.80. The number of hydrogen-bond donors (Lipinski definition) is 2. The minimum atomic E-state index is -0.503. The molecule has 0 saturated heterocycles. The normalized spacial score (nSPS) is 9.68. The first-order valence-electron chi connectivity index (χ1n) is 5.38. The summed E-state index contributed by atoms with van der Waals surface area (Å²) >= 11 is 5.11. The number of rotatable bonds is 3. The first-order chi connectivity index (χ1) is 9.15. The number of hydrogen-bond acceptors (Lipinski definition) is 4. The van der Waals surface area contributed by atoms with E-state index in [1.54, 1.807) is 0 Å². The molecule has 1 aromatic carbocycles. The fourth-order valence-corrected chi connectivity index (χ4v) is 1.59. The van der Waals surface area contributed by atoms with Crippen LogP contribution in [-0.4, -0.2) is 15.0 Å². The van der Waals surface area contributed by atoms with Crippen LogP contribution in [-0.2, 0) is 0 Å². The van der Waals surface area contributed by atoms with E-state index in [0.717, 1.165) is 5.69 Å². The quantitative estimate of drug-likeness (QED) is 0.509. The molecule has 2 N–H and O–H groups in total. The Morgan fingerprint density at radius 3 is 2.47 bits per heavy atom. The second kappa shape index (κ2) is 5.87. The second-order valence-electron chi connectivity index (χ2n) is 3.60. The van der Waals surface area contributed by atoms with E-state index in [-0.39, 0.29) is 5.69 Å². The van der Waals surface area contributed by atoms with Crippen LogP contribution >= 0.6 is 12.2 Å². The molecule has 1 aromatic heterocycles. The number of nitrogens with zero attached hydrogens (tertiary/aromatic N) is 2. The van der Waals surface area contributed by atoms with Crippen LogP contribution in [0.1, 0.15) is 0 Å². The van der Waals surface area contributed by atoms with E-state index in [1.807, 2.05) is 30.3 Å². The van der Waals surface area contributed by atoms with E-state index >= 15 is 0 Å². The number of para-hydroxylation sites is 1. The number of anilines is 2. The Balaban J connectivity index is 1.97. The van der Waals surface area contributed by atoms with Gasteiger partial charge in [0.2, 0.25) is 0 Å². The summed E-state index contributed by atoms with van der Waals surface area (Å²) in [6.07, 6.45) is 1.17. The molecule has 0 saturated carbocycles. The zero-order valence-corrected chi connectivity index (χ0v) is 10.6. The van der Waals surface area contributed by atoms with Crippen molar-refractivity contribution in [2.24, 2.45) is 0 Å². The molecular weight excluding hydrogens is 264 g/mol. The van der Waals surface area contributed by atoms with Crippen LogP contribution in [0.25, 0.3) is 0 Å². The zero-order valence-electron chi connectivity index (χ0n) is 9.74. The van der Waals surface area contributed by atoms with Crippen molar-refractivity contribution < 1.29 is 4.92 Å². The molecule has 0 spiro atoms. The number of pyridine rings is 1. The Bertz CT molecular complexity index is 586. The highest BCUT2D eigenvalue weighted by Crippen LogP contribution is 2.12. The lowest BCUT2D eigenvalue weighted by Gasteiger charge is -2.09. The Kier molecular flexibility index (Phi) is 3.99. The zero-order chi connectivity index (χ0) is 13.7. The molecule has 96 valence electrons. The fraction of sp³-hybridized carbons (Fsp3) is 0. The van der Waals surface area contributed by atoms with Crippen LogP contribution in [0.5, 0.6) is 0 Å². The fourth-order valence-electron chi connectivity index (χ4n) is 1.37. The number of thiocarbonyl (C=S) groups is 1. The van der Waals surface area contributed by atoms with Gasteiger partial charge in [-0.2, -0.15) is 0 Å². The third-order valence-electron chi connectivity index (χ3n) is 2.23. The molecule has 0 aliphatic carbocycles. The molecule has 7 heteroatoms. The molecule has 0 aliphatic rings. The molecular formula is C12H10N4O2S. The monoisotopic (exact) mass is 274 g/mol. The summed E-state index contributed by atoms with van der Waals surface area (Å²) in [5, 5.41) is 16.7. The molecule has 6 nitrogen and oxygen atoms in total. The number of benzene rings is 1. The van der Waals surface area contributed by atoms with Gasteiger partial charge in [0.15, 0.2) is 5.11 Å². The molecule has 0 unspecified atom stereocenters. The van der Waals surface area contributed by atoms with Crippen LogP contribution in [0.3, 0.4) is 0 Å². The smallest absolute Gasteiger partial charge is 0.287 e. The van der Waals surface area contributed by atoms with Gasteiger partial charge >= 0.3 is 0 Å². The average molecular weight is 274 g/mol. The van der Waals surface area contributed by atoms with Crippen LogP contribution in [0, 0.1) is 10.1 Å². The summed E-state index contributed by atoms with van der Waals surface area (Å²) in [5.74, 6) is 0.444. The van der Waals surface area contributed by atoms with Crippen molar-refractivity contribution in [3.63, 3.8) is 0 Å². The Morgan fingerprint density at radius 2 is 1.89 bits per heavy atom. The highest BCUT2D eigenvalue weighted by atomic mass is 32.1. The Morgan fingerprint density at radius 1 is 1.16 bits per heavy atom. The second-order valence-corrected chi connectivity index (χ2v) is 4.01. The molecule has 0 fully saturated rings. The number of nitrogens with one attached hydrogen (secondary N) is 2. The number of aromatic nitrogens is 1. The molecule has 2 rings (SSSR count). The summed E-state index contributed by atoms with van der Waals surface area (Å²) in [7, 11) is 0. The summed E-state index contributed by atoms with van der Waals surface area (Å²) in [4.78, 5) is 13.9. The molecule has 2 aromatic rings. The van der Waals surface area contributed by atoms with Crippen molar-refractivity contribution in [3.8, 4) is 0 Å². The van der Waals surface area contributed by atoms with E-state index in [0.29, 0.717) is 10.9 Å². The summed E-state index contributed by atoms with van der Waals surface area (Å²) < 4.78 is 0. The van der Waals surface area contributed by atoms with Gasteiger partial charge in [-0.3, -0.25) is 10.1 Å². The highest BCUT2D eigenvalue weighted by Gasteiger charge is 2.06. The van der Waals surface area contributed by atoms with Crippen molar-refractivity contribution in [1.29, 1.82) is 0 Å². The Hall–Kier alpha value is -2.54. The number of nitro groups is 1. The lowest BCUT2D eigenvalue weighted by atomic mass is 10.3. The van der Waals surface area contributed by atoms with Crippen LogP contribution in [0.15, 0.2) is 48.7 Å². The molecule has 0 aliphatic heterocycles. The SMILES string of the molecule is O=[N+]([O-])c1ccc(NC(=S)Nc2ccccc2)nc1. The summed E-state index contributed by atoms with van der Waals surface area (Å²) in [6.45, 7) is 0. The average Bonchev–Trinajstić information content (AvgIpc) is 2.40.